The van der Waals surface area contributed by atoms with E-state index in [1.54, 1.807) is 0 Å². The number of carbonyl (C=O) groups is 4. The average molecular weight is 473 g/mol. The summed E-state index contributed by atoms with van der Waals surface area (Å²) in [6.45, 7) is 0.500. The summed E-state index contributed by atoms with van der Waals surface area (Å²) in [5.41, 5.74) is 8.91. The van der Waals surface area contributed by atoms with Crippen molar-refractivity contribution in [1.29, 1.82) is 0 Å². The van der Waals surface area contributed by atoms with Crippen LogP contribution in [0, 0.1) is 0 Å². The predicted octanol–water partition coefficient (Wildman–Crippen LogP) is -0.949. The number of carboxylic acid groups (broad SMARTS) is 2. The highest BCUT2D eigenvalue weighted by Gasteiger charge is 2.42. The van der Waals surface area contributed by atoms with Gasteiger partial charge < -0.3 is 37.2 Å². The zero-order valence-corrected chi connectivity index (χ0v) is 17.8. The Morgan fingerprint density at radius 2 is 1.94 bits per heavy atom. The van der Waals surface area contributed by atoms with E-state index >= 15 is 0 Å². The first kappa shape index (κ1) is 24.2. The van der Waals surface area contributed by atoms with Crippen molar-refractivity contribution >= 4 is 47.3 Å². The number of hydrogen-bond donors (Lipinski definition) is 7. The van der Waals surface area contributed by atoms with Crippen LogP contribution in [0.15, 0.2) is 29.1 Å². The van der Waals surface area contributed by atoms with Gasteiger partial charge in [0, 0.05) is 30.8 Å². The van der Waals surface area contributed by atoms with Crippen molar-refractivity contribution in [2.45, 2.75) is 24.4 Å². The number of amides is 1. The number of aliphatic carboxylic acids is 2. The Balaban J connectivity index is 1.71. The number of rotatable bonds is 10. The van der Waals surface area contributed by atoms with Crippen molar-refractivity contribution in [1.82, 2.24) is 9.97 Å². The van der Waals surface area contributed by atoms with Crippen LogP contribution in [0.5, 0.6) is 0 Å². The van der Waals surface area contributed by atoms with Crippen LogP contribution < -0.4 is 32.6 Å². The van der Waals surface area contributed by atoms with Gasteiger partial charge >= 0.3 is 11.9 Å². The fraction of sp³-hybridized carbons (Fsp3) is 0.300. The Kier molecular flexibility index (Phi) is 6.81. The second-order valence-corrected chi connectivity index (χ2v) is 7.65. The number of carboxylic acids is 2. The molecule has 9 N–H and O–H groups in total. The molecule has 0 saturated carbocycles. The van der Waals surface area contributed by atoms with Crippen LogP contribution in [-0.2, 0) is 14.4 Å². The number of anilines is 4. The largest absolute Gasteiger partial charge is 0.481 e. The van der Waals surface area contributed by atoms with Gasteiger partial charge in [-0.05, 0) is 30.7 Å². The van der Waals surface area contributed by atoms with Gasteiger partial charge in [0.25, 0.3) is 5.56 Å². The van der Waals surface area contributed by atoms with Gasteiger partial charge in [-0.2, -0.15) is 4.98 Å². The Bertz CT molecular complexity index is 1180. The van der Waals surface area contributed by atoms with Gasteiger partial charge in [-0.3, -0.25) is 24.2 Å². The molecule has 2 aromatic rings. The third-order valence-electron chi connectivity index (χ3n) is 5.39. The molecule has 34 heavy (non-hydrogen) atoms. The third kappa shape index (κ3) is 4.80. The summed E-state index contributed by atoms with van der Waals surface area (Å²) < 4.78 is 0. The van der Waals surface area contributed by atoms with E-state index in [2.05, 4.69) is 20.6 Å². The van der Waals surface area contributed by atoms with E-state index in [-0.39, 0.29) is 36.1 Å². The van der Waals surface area contributed by atoms with Gasteiger partial charge in [0.2, 0.25) is 12.4 Å². The molecule has 14 nitrogen and oxygen atoms in total. The normalized spacial score (nSPS) is 16.5. The molecular formula is C20H23N7O7. The second kappa shape index (κ2) is 9.58. The molecule has 0 bridgehead atoms. The predicted molar refractivity (Wildman–Crippen MR) is 121 cm³/mol. The summed E-state index contributed by atoms with van der Waals surface area (Å²) in [6.07, 6.45) is -0.622. The highest BCUT2D eigenvalue weighted by molar-refractivity contribution is 6.16. The second-order valence-electron chi connectivity index (χ2n) is 7.65. The lowest BCUT2D eigenvalue weighted by atomic mass is 9.86. The first-order valence-corrected chi connectivity index (χ1v) is 10.1. The van der Waals surface area contributed by atoms with Crippen molar-refractivity contribution in [2.24, 2.45) is 5.73 Å². The maximum atomic E-state index is 12.7. The van der Waals surface area contributed by atoms with E-state index in [0.29, 0.717) is 12.1 Å². The summed E-state index contributed by atoms with van der Waals surface area (Å²) in [5.74, 6) is -3.70. The molecule has 0 spiro atoms. The lowest BCUT2D eigenvalue weighted by Gasteiger charge is -2.34. The van der Waals surface area contributed by atoms with Crippen molar-refractivity contribution < 1.29 is 29.4 Å². The van der Waals surface area contributed by atoms with Gasteiger partial charge in [-0.15, -0.1) is 0 Å². The number of Topliss-reactive ketones (excluding diaryl/α,β-unsaturated/α-hetero) is 1. The molecule has 0 aliphatic carbocycles. The number of benzene rings is 1. The number of carbonyl (C=O) groups excluding carboxylic acids is 2. The molecule has 2 unspecified atom stereocenters. The van der Waals surface area contributed by atoms with Crippen LogP contribution in [0.4, 0.5) is 23.1 Å². The minimum Gasteiger partial charge on any atom is -0.481 e. The number of nitrogens with zero attached hydrogens (tertiary/aromatic N) is 2. The molecule has 3 rings (SSSR count). The molecular weight excluding hydrogens is 450 g/mol. The zero-order valence-electron chi connectivity index (χ0n) is 17.8. The number of ketones is 1. The monoisotopic (exact) mass is 473 g/mol. The van der Waals surface area contributed by atoms with E-state index in [9.17, 15) is 29.1 Å². The molecule has 1 amide bonds. The van der Waals surface area contributed by atoms with Crippen LogP contribution >= 0.6 is 0 Å². The Hall–Kier alpha value is -4.46. The molecule has 0 radical (unpaired) electrons. The molecule has 2 atom stereocenters. The smallest absolute Gasteiger partial charge is 0.331 e. The van der Waals surface area contributed by atoms with E-state index in [1.165, 1.54) is 29.2 Å². The highest BCUT2D eigenvalue weighted by atomic mass is 16.4. The van der Waals surface area contributed by atoms with E-state index in [4.69, 9.17) is 16.6 Å². The van der Waals surface area contributed by atoms with Gasteiger partial charge in [0.15, 0.2) is 22.8 Å². The standard InChI is InChI=1S/C20H23N7O7/c21-19-25-16-14(17(32)26-19)27(9-28)12(8-24-16)7-23-11-3-1-10(2-4-11)15(31)20(22,18(33)34)6-5-13(29)30/h1-4,9,12,23H,5-8,22H2,(H,29,30)(H,33,34)(H4,21,24,25,26,32). The van der Waals surface area contributed by atoms with Gasteiger partial charge in [-0.1, -0.05) is 0 Å². The van der Waals surface area contributed by atoms with Crippen LogP contribution in [0.2, 0.25) is 0 Å². The summed E-state index contributed by atoms with van der Waals surface area (Å²) in [5, 5.41) is 24.2. The average Bonchev–Trinajstić information content (AvgIpc) is 2.80. The van der Waals surface area contributed by atoms with Gasteiger partial charge in [-0.25, -0.2) is 4.79 Å². The van der Waals surface area contributed by atoms with Crippen LogP contribution in [0.1, 0.15) is 23.2 Å². The quantitative estimate of drug-likeness (QED) is 0.126. The van der Waals surface area contributed by atoms with E-state index in [0.717, 1.165) is 0 Å². The zero-order chi connectivity index (χ0) is 25.0. The molecule has 1 aliphatic heterocycles. The molecule has 0 saturated heterocycles. The number of hydrogen-bond acceptors (Lipinski definition) is 10. The lowest BCUT2D eigenvalue weighted by molar-refractivity contribution is -0.142. The Morgan fingerprint density at radius 3 is 2.53 bits per heavy atom. The first-order valence-electron chi connectivity index (χ1n) is 10.1. The van der Waals surface area contributed by atoms with Crippen molar-refractivity contribution in [3.05, 3.63) is 40.2 Å². The lowest BCUT2D eigenvalue weighted by Crippen LogP contribution is -2.55. The topological polar surface area (TPSA) is 234 Å². The molecule has 1 aromatic heterocycles. The van der Waals surface area contributed by atoms with E-state index in [1.807, 2.05) is 0 Å². The number of aromatic amines is 1. The van der Waals surface area contributed by atoms with Gasteiger partial charge in [0.05, 0.1) is 6.04 Å². The van der Waals surface area contributed by atoms with Crippen LogP contribution in [0.25, 0.3) is 0 Å². The maximum absolute atomic E-state index is 12.7. The number of nitrogen functional groups attached to an aromatic ring is 1. The van der Waals surface area contributed by atoms with E-state index < -0.39 is 47.7 Å². The fourth-order valence-corrected chi connectivity index (χ4v) is 3.51. The highest BCUT2D eigenvalue weighted by Crippen LogP contribution is 2.25. The minimum absolute atomic E-state index is 0.00110. The van der Waals surface area contributed by atoms with Crippen LogP contribution in [0.3, 0.4) is 0 Å². The first-order chi connectivity index (χ1) is 16.1. The number of aromatic nitrogens is 2. The van der Waals surface area contributed by atoms with Crippen molar-refractivity contribution in [2.75, 3.05) is 34.4 Å². The molecule has 1 aromatic carbocycles. The van der Waals surface area contributed by atoms with Gasteiger partial charge in [0.1, 0.15) is 0 Å². The molecule has 180 valence electrons. The number of nitrogens with one attached hydrogen (secondary N) is 3. The summed E-state index contributed by atoms with van der Waals surface area (Å²) in [6, 6.07) is 5.28. The maximum Gasteiger partial charge on any atom is 0.331 e. The molecule has 0 fully saturated rings. The summed E-state index contributed by atoms with van der Waals surface area (Å²) >= 11 is 0. The number of H-pyrrole nitrogens is 1. The third-order valence-corrected chi connectivity index (χ3v) is 5.39. The SMILES string of the molecule is Nc1nc2c(c(=O)[nH]1)N(C=O)C(CNc1ccc(C(=O)C(N)(CCC(=O)O)C(=O)O)cc1)CN2. The summed E-state index contributed by atoms with van der Waals surface area (Å²) in [7, 11) is 0. The number of fused-ring (bicyclic) bond motifs is 1. The Morgan fingerprint density at radius 1 is 1.26 bits per heavy atom. The molecule has 14 heteroatoms. The molecule has 1 aliphatic rings. The Labute approximate surface area is 192 Å². The number of nitrogens with two attached hydrogens (primary N) is 2. The van der Waals surface area contributed by atoms with Crippen LogP contribution in [-0.4, -0.2) is 69.0 Å². The molecule has 2 heterocycles. The fourth-order valence-electron chi connectivity index (χ4n) is 3.51. The van der Waals surface area contributed by atoms with Crippen molar-refractivity contribution in [3.8, 4) is 0 Å². The minimum atomic E-state index is -2.37. The van der Waals surface area contributed by atoms with Crippen molar-refractivity contribution in [3.63, 3.8) is 0 Å². The summed E-state index contributed by atoms with van der Waals surface area (Å²) in [4.78, 5) is 66.5.